The summed E-state index contributed by atoms with van der Waals surface area (Å²) in [6, 6.07) is 50.5. The van der Waals surface area contributed by atoms with Gasteiger partial charge in [0.25, 0.3) is 0 Å². The van der Waals surface area contributed by atoms with E-state index in [0.29, 0.717) is 0 Å². The molecule has 3 heterocycles. The van der Waals surface area contributed by atoms with Crippen LogP contribution in [0.1, 0.15) is 23.1 Å². The van der Waals surface area contributed by atoms with Crippen molar-refractivity contribution in [1.82, 2.24) is 9.97 Å². The Kier molecular flexibility index (Phi) is 5.71. The first-order valence-corrected chi connectivity index (χ1v) is 17.3. The average Bonchev–Trinajstić information content (AvgIpc) is 3.48. The van der Waals surface area contributed by atoms with Crippen molar-refractivity contribution in [2.45, 2.75) is 17.9 Å². The van der Waals surface area contributed by atoms with Crippen LogP contribution in [-0.4, -0.2) is 16.1 Å². The zero-order chi connectivity index (χ0) is 32.8. The molecule has 3 nitrogen and oxygen atoms in total. The maximum Gasteiger partial charge on any atom is 0.132 e. The van der Waals surface area contributed by atoms with E-state index in [9.17, 15) is 0 Å². The molecule has 0 saturated heterocycles. The first kappa shape index (κ1) is 27.6. The molecule has 0 bridgehead atoms. The number of aromatic nitrogens is 2. The summed E-state index contributed by atoms with van der Waals surface area (Å²) in [6.45, 7) is 0. The summed E-state index contributed by atoms with van der Waals surface area (Å²) >= 11 is 0. The summed E-state index contributed by atoms with van der Waals surface area (Å²) in [5.41, 5.74) is 13.3. The lowest BCUT2D eigenvalue weighted by Gasteiger charge is -2.45. The number of rotatable bonds is 2. The molecule has 1 spiro atoms. The number of pyridine rings is 2. The van der Waals surface area contributed by atoms with E-state index in [0.717, 1.165) is 61.7 Å². The third kappa shape index (κ3) is 3.64. The predicted molar refractivity (Wildman–Crippen MR) is 203 cm³/mol. The summed E-state index contributed by atoms with van der Waals surface area (Å²) < 4.78 is 7.22. The van der Waals surface area contributed by atoms with Gasteiger partial charge >= 0.3 is 0 Å². The van der Waals surface area contributed by atoms with Gasteiger partial charge in [-0.3, -0.25) is 4.98 Å². The second kappa shape index (κ2) is 10.3. The first-order valence-electron chi connectivity index (χ1n) is 17.3. The van der Waals surface area contributed by atoms with Gasteiger partial charge in [-0.2, -0.15) is 0 Å². The Bertz CT molecular complexity index is 2750. The predicted octanol–water partition coefficient (Wildman–Crippen LogP) is 11.2. The monoisotopic (exact) mass is 638 g/mol. The molecule has 11 rings (SSSR count). The highest BCUT2D eigenvalue weighted by Gasteiger charge is 2.54. The van der Waals surface area contributed by atoms with E-state index in [1.165, 1.54) is 38.8 Å². The van der Waals surface area contributed by atoms with Crippen LogP contribution in [-0.2, 0) is 5.41 Å². The molecule has 2 aliphatic carbocycles. The SMILES string of the molecule is C1=CCC2Oc3c(-c4ccc5ccccc5c4-c4ccc5ccc6cccnc6c5n4)cccc3C3(C2=C1)c1ccccc1-c1ccccc13. The van der Waals surface area contributed by atoms with Crippen molar-refractivity contribution in [2.24, 2.45) is 0 Å². The molecule has 6 aromatic carbocycles. The molecule has 0 fully saturated rings. The fourth-order valence-electron chi connectivity index (χ4n) is 9.03. The zero-order valence-electron chi connectivity index (χ0n) is 27.2. The largest absolute Gasteiger partial charge is 0.485 e. The molecule has 1 unspecified atom stereocenters. The van der Waals surface area contributed by atoms with E-state index in [1.807, 2.05) is 12.3 Å². The second-order valence-electron chi connectivity index (χ2n) is 13.5. The zero-order valence-corrected chi connectivity index (χ0v) is 27.2. The maximum atomic E-state index is 7.22. The Balaban J connectivity index is 1.23. The molecular formula is C47H30N2O. The van der Waals surface area contributed by atoms with Gasteiger partial charge in [-0.1, -0.05) is 146 Å². The van der Waals surface area contributed by atoms with Gasteiger partial charge in [-0.15, -0.1) is 0 Å². The summed E-state index contributed by atoms with van der Waals surface area (Å²) in [6.07, 6.45) is 9.34. The van der Waals surface area contributed by atoms with Crippen molar-refractivity contribution in [2.75, 3.05) is 0 Å². The normalized spacial score (nSPS) is 16.5. The van der Waals surface area contributed by atoms with E-state index in [-0.39, 0.29) is 6.10 Å². The van der Waals surface area contributed by atoms with Crippen LogP contribution in [0.2, 0.25) is 0 Å². The Morgan fingerprint density at radius 2 is 1.24 bits per heavy atom. The minimum absolute atomic E-state index is 0.0898. The summed E-state index contributed by atoms with van der Waals surface area (Å²) in [5.74, 6) is 0.945. The topological polar surface area (TPSA) is 35.0 Å². The molecule has 3 aliphatic rings. The van der Waals surface area contributed by atoms with Crippen molar-refractivity contribution >= 4 is 32.6 Å². The molecule has 0 radical (unpaired) electrons. The Morgan fingerprint density at radius 1 is 0.560 bits per heavy atom. The van der Waals surface area contributed by atoms with Gasteiger partial charge in [0.2, 0.25) is 0 Å². The van der Waals surface area contributed by atoms with Crippen LogP contribution >= 0.6 is 0 Å². The van der Waals surface area contributed by atoms with Gasteiger partial charge in [-0.25, -0.2) is 4.98 Å². The lowest BCUT2D eigenvalue weighted by atomic mass is 9.62. The quantitative estimate of drug-likeness (QED) is 0.177. The van der Waals surface area contributed by atoms with Gasteiger partial charge in [0.15, 0.2) is 0 Å². The fourth-order valence-corrected chi connectivity index (χ4v) is 9.03. The third-order valence-corrected chi connectivity index (χ3v) is 11.1. The van der Waals surface area contributed by atoms with Crippen LogP contribution in [0.5, 0.6) is 5.75 Å². The molecule has 234 valence electrons. The van der Waals surface area contributed by atoms with Gasteiger partial charge in [-0.05, 0) is 56.3 Å². The van der Waals surface area contributed by atoms with Crippen LogP contribution in [0.25, 0.3) is 66.1 Å². The van der Waals surface area contributed by atoms with Crippen molar-refractivity contribution in [3.8, 4) is 39.3 Å². The lowest BCUT2D eigenvalue weighted by molar-refractivity contribution is 0.206. The number of ether oxygens (including phenoxy) is 1. The average molecular weight is 639 g/mol. The van der Waals surface area contributed by atoms with Gasteiger partial charge in [0, 0.05) is 40.1 Å². The van der Waals surface area contributed by atoms with Gasteiger partial charge < -0.3 is 4.74 Å². The van der Waals surface area contributed by atoms with Crippen LogP contribution < -0.4 is 4.74 Å². The molecule has 0 amide bonds. The molecule has 1 atom stereocenters. The fraction of sp³-hybridized carbons (Fsp3) is 0.0638. The molecule has 0 N–H and O–H groups in total. The Morgan fingerprint density at radius 3 is 2.10 bits per heavy atom. The number of hydrogen-bond donors (Lipinski definition) is 0. The molecule has 3 heteroatoms. The molecule has 50 heavy (non-hydrogen) atoms. The number of benzene rings is 6. The van der Waals surface area contributed by atoms with E-state index in [4.69, 9.17) is 14.7 Å². The smallest absolute Gasteiger partial charge is 0.132 e. The van der Waals surface area contributed by atoms with Gasteiger partial charge in [0.1, 0.15) is 11.9 Å². The maximum absolute atomic E-state index is 7.22. The number of hydrogen-bond acceptors (Lipinski definition) is 3. The van der Waals surface area contributed by atoms with Crippen LogP contribution in [0.15, 0.2) is 170 Å². The van der Waals surface area contributed by atoms with E-state index in [2.05, 4.69) is 152 Å². The van der Waals surface area contributed by atoms with Crippen molar-refractivity contribution in [3.63, 3.8) is 0 Å². The van der Waals surface area contributed by atoms with Crippen molar-refractivity contribution < 1.29 is 4.74 Å². The third-order valence-electron chi connectivity index (χ3n) is 11.1. The number of nitrogens with zero attached hydrogens (tertiary/aromatic N) is 2. The van der Waals surface area contributed by atoms with Crippen LogP contribution in [0.3, 0.4) is 0 Å². The van der Waals surface area contributed by atoms with Gasteiger partial charge in [0.05, 0.1) is 22.1 Å². The lowest BCUT2D eigenvalue weighted by Crippen LogP contribution is -2.42. The molecule has 1 aliphatic heterocycles. The van der Waals surface area contributed by atoms with Crippen molar-refractivity contribution in [3.05, 3.63) is 186 Å². The summed E-state index contributed by atoms with van der Waals surface area (Å²) in [5, 5.41) is 4.49. The Hall–Kier alpha value is -6.32. The Labute approximate surface area is 289 Å². The second-order valence-corrected chi connectivity index (χ2v) is 13.5. The number of para-hydroxylation sites is 1. The summed E-state index contributed by atoms with van der Waals surface area (Å²) in [7, 11) is 0. The van der Waals surface area contributed by atoms with E-state index in [1.54, 1.807) is 0 Å². The number of allylic oxidation sites excluding steroid dienone is 2. The molecular weight excluding hydrogens is 609 g/mol. The van der Waals surface area contributed by atoms with E-state index >= 15 is 0 Å². The minimum Gasteiger partial charge on any atom is -0.485 e. The highest BCUT2D eigenvalue weighted by molar-refractivity contribution is 6.08. The highest BCUT2D eigenvalue weighted by atomic mass is 16.5. The summed E-state index contributed by atoms with van der Waals surface area (Å²) in [4.78, 5) is 10.2. The van der Waals surface area contributed by atoms with Crippen LogP contribution in [0, 0.1) is 0 Å². The molecule has 2 aromatic heterocycles. The number of fused-ring (bicyclic) bond motifs is 13. The highest BCUT2D eigenvalue weighted by Crippen LogP contribution is 2.62. The minimum atomic E-state index is -0.463. The molecule has 8 aromatic rings. The molecule has 0 saturated carbocycles. The first-order chi connectivity index (χ1) is 24.8. The van der Waals surface area contributed by atoms with E-state index < -0.39 is 5.41 Å². The van der Waals surface area contributed by atoms with Crippen LogP contribution in [0.4, 0.5) is 0 Å². The standard InChI is InChI=1S/C47H30N2O/c1-2-13-32-29(11-1)24-26-35(43(32)41-27-25-31-23-22-30-12-10-28-48-44(30)45(31)49-41)36-16-9-20-40-46(36)50-42-21-8-7-19-39(42)47(40)37-17-5-3-14-33(37)34-15-4-6-18-38(34)47/h1-20,22-28,42H,21H2. The van der Waals surface area contributed by atoms with Crippen molar-refractivity contribution in [1.29, 1.82) is 0 Å².